The Hall–Kier alpha value is -2.49. The maximum absolute atomic E-state index is 11.1. The van der Waals surface area contributed by atoms with Gasteiger partial charge in [0.1, 0.15) is 5.92 Å². The molecule has 18 heavy (non-hydrogen) atoms. The molecule has 7 N–H and O–H groups in total. The van der Waals surface area contributed by atoms with Crippen molar-refractivity contribution < 1.29 is 39.3 Å². The quantitative estimate of drug-likeness (QED) is 0.229. The molecule has 0 aliphatic heterocycles. The van der Waals surface area contributed by atoms with Crippen molar-refractivity contribution in [2.24, 2.45) is 17.4 Å². The molecule has 0 saturated heterocycles. The normalized spacial score (nSPS) is 15.2. The van der Waals surface area contributed by atoms with Crippen LogP contribution < -0.4 is 11.5 Å². The van der Waals surface area contributed by atoms with Crippen LogP contribution in [-0.4, -0.2) is 50.5 Å². The van der Waals surface area contributed by atoms with Gasteiger partial charge >= 0.3 is 11.9 Å². The van der Waals surface area contributed by atoms with Crippen LogP contribution >= 0.6 is 0 Å². The van der Waals surface area contributed by atoms with Gasteiger partial charge in [-0.15, -0.1) is 0 Å². The second-order valence-electron chi connectivity index (χ2n) is 3.38. The second kappa shape index (κ2) is 5.23. The Labute approximate surface area is 99.2 Å². The van der Waals surface area contributed by atoms with Crippen molar-refractivity contribution in [1.29, 1.82) is 0 Å². The lowest BCUT2D eigenvalue weighted by molar-refractivity contribution is -0.175. The molecule has 2 atom stereocenters. The Bertz CT molecular complexity index is 431. The van der Waals surface area contributed by atoms with Crippen LogP contribution in [0.2, 0.25) is 0 Å². The van der Waals surface area contributed by atoms with Crippen molar-refractivity contribution in [3.8, 4) is 0 Å². The summed E-state index contributed by atoms with van der Waals surface area (Å²) in [5.41, 5.74) is 6.04. The van der Waals surface area contributed by atoms with Crippen LogP contribution in [0.25, 0.3) is 0 Å². The van der Waals surface area contributed by atoms with Crippen LogP contribution in [0.15, 0.2) is 0 Å². The Morgan fingerprint density at radius 3 is 1.72 bits per heavy atom. The molecule has 0 bridgehead atoms. The van der Waals surface area contributed by atoms with Crippen molar-refractivity contribution in [3.05, 3.63) is 0 Å². The first-order valence-corrected chi connectivity index (χ1v) is 4.34. The van der Waals surface area contributed by atoms with Crippen LogP contribution in [0, 0.1) is 5.92 Å². The number of primary amides is 2. The largest absolute Gasteiger partial charge is 0.479 e. The van der Waals surface area contributed by atoms with E-state index in [9.17, 15) is 29.1 Å². The number of carbonyl (C=O) groups is 5. The molecule has 10 heteroatoms. The summed E-state index contributed by atoms with van der Waals surface area (Å²) in [6.07, 6.45) is -1.34. The van der Waals surface area contributed by atoms with Gasteiger partial charge < -0.3 is 26.8 Å². The lowest BCUT2D eigenvalue weighted by Crippen LogP contribution is -2.57. The molecule has 0 saturated carbocycles. The van der Waals surface area contributed by atoms with Gasteiger partial charge in [-0.3, -0.25) is 14.4 Å². The van der Waals surface area contributed by atoms with E-state index in [0.29, 0.717) is 0 Å². The maximum Gasteiger partial charge on any atom is 0.373 e. The molecule has 0 aliphatic rings. The van der Waals surface area contributed by atoms with E-state index in [0.717, 1.165) is 0 Å². The summed E-state index contributed by atoms with van der Waals surface area (Å²) in [7, 11) is 0. The van der Waals surface area contributed by atoms with Crippen molar-refractivity contribution in [3.63, 3.8) is 0 Å². The van der Waals surface area contributed by atoms with Gasteiger partial charge in [0.15, 0.2) is 5.60 Å². The number of hydrogen-bond acceptors (Lipinski definition) is 6. The molecule has 0 spiro atoms. The highest BCUT2D eigenvalue weighted by Gasteiger charge is 2.54. The molecule has 0 unspecified atom stereocenters. The number of carboxylic acid groups (broad SMARTS) is 2. The number of Topliss-reactive ketones (excluding diaryl/α,β-unsaturated/α-hetero) is 1. The Morgan fingerprint density at radius 2 is 1.50 bits per heavy atom. The maximum atomic E-state index is 11.1. The van der Waals surface area contributed by atoms with Crippen molar-refractivity contribution in [1.82, 2.24) is 0 Å². The van der Waals surface area contributed by atoms with Crippen LogP contribution in [-0.2, 0) is 24.0 Å². The molecule has 0 aliphatic carbocycles. The van der Waals surface area contributed by atoms with Crippen LogP contribution in [0.1, 0.15) is 6.42 Å². The smallest absolute Gasteiger partial charge is 0.373 e. The number of ketones is 1. The average molecular weight is 262 g/mol. The molecule has 0 aromatic heterocycles. The predicted molar refractivity (Wildman–Crippen MR) is 51.7 cm³/mol. The van der Waals surface area contributed by atoms with E-state index in [1.54, 1.807) is 0 Å². The summed E-state index contributed by atoms with van der Waals surface area (Å²) in [4.78, 5) is 54.0. The second-order valence-corrected chi connectivity index (χ2v) is 3.38. The van der Waals surface area contributed by atoms with E-state index in [2.05, 4.69) is 11.5 Å². The third-order valence-electron chi connectivity index (χ3n) is 2.05. The molecular formula is C8H10N2O8. The predicted octanol–water partition coefficient (Wildman–Crippen LogP) is -3.57. The number of aliphatic hydroxyl groups is 1. The van der Waals surface area contributed by atoms with Gasteiger partial charge in [-0.25, -0.2) is 9.59 Å². The van der Waals surface area contributed by atoms with Gasteiger partial charge in [-0.1, -0.05) is 0 Å². The minimum atomic E-state index is -3.30. The third-order valence-corrected chi connectivity index (χ3v) is 2.05. The number of hydrogen-bond donors (Lipinski definition) is 5. The summed E-state index contributed by atoms with van der Waals surface area (Å²) < 4.78 is 0. The standard InChI is InChI=1S/C8H10N2O8/c9-2(11)1-8(18,7(16)17)3(5(10)13)4(12)6(14)15/h3,18H,1H2,(H2,9,11)(H2,10,13)(H,14,15)(H,16,17)/t3-,8+/m0/s1. The van der Waals surface area contributed by atoms with Gasteiger partial charge in [-0.05, 0) is 0 Å². The SMILES string of the molecule is NC(=O)C[C@](O)(C(=O)O)[C@H](C(N)=O)C(=O)C(=O)O. The zero-order valence-electron chi connectivity index (χ0n) is 8.82. The highest BCUT2D eigenvalue weighted by atomic mass is 16.4. The van der Waals surface area contributed by atoms with Crippen LogP contribution in [0.5, 0.6) is 0 Å². The summed E-state index contributed by atoms with van der Waals surface area (Å²) in [6.45, 7) is 0. The van der Waals surface area contributed by atoms with E-state index in [1.165, 1.54) is 0 Å². The monoisotopic (exact) mass is 262 g/mol. The van der Waals surface area contributed by atoms with E-state index in [-0.39, 0.29) is 0 Å². The minimum absolute atomic E-state index is 1.34. The first-order chi connectivity index (χ1) is 8.04. The van der Waals surface area contributed by atoms with E-state index in [4.69, 9.17) is 10.2 Å². The molecule has 0 aromatic rings. The number of rotatable bonds is 7. The Balaban J connectivity index is 5.73. The number of carboxylic acids is 2. The van der Waals surface area contributed by atoms with Gasteiger partial charge in [-0.2, -0.15) is 0 Å². The number of nitrogens with two attached hydrogens (primary N) is 2. The molecule has 100 valence electrons. The fourth-order valence-corrected chi connectivity index (χ4v) is 1.27. The van der Waals surface area contributed by atoms with Crippen molar-refractivity contribution in [2.45, 2.75) is 12.0 Å². The number of carbonyl (C=O) groups excluding carboxylic acids is 3. The summed E-state index contributed by atoms with van der Waals surface area (Å²) in [5, 5.41) is 26.7. The summed E-state index contributed by atoms with van der Waals surface area (Å²) in [5.74, 6) is -12.0. The first-order valence-electron chi connectivity index (χ1n) is 4.34. The number of amides is 2. The molecular weight excluding hydrogens is 252 g/mol. The number of aliphatic carboxylic acids is 2. The van der Waals surface area contributed by atoms with Crippen molar-refractivity contribution in [2.75, 3.05) is 0 Å². The van der Waals surface area contributed by atoms with E-state index >= 15 is 0 Å². The highest BCUT2D eigenvalue weighted by Crippen LogP contribution is 2.23. The summed E-state index contributed by atoms with van der Waals surface area (Å²) >= 11 is 0. The molecule has 0 heterocycles. The third kappa shape index (κ3) is 3.01. The van der Waals surface area contributed by atoms with E-state index in [1.807, 2.05) is 0 Å². The molecule has 0 aromatic carbocycles. The molecule has 0 fully saturated rings. The van der Waals surface area contributed by atoms with Gasteiger partial charge in [0.2, 0.25) is 11.8 Å². The van der Waals surface area contributed by atoms with Gasteiger partial charge in [0, 0.05) is 0 Å². The topological polar surface area (TPSA) is 198 Å². The lowest BCUT2D eigenvalue weighted by atomic mass is 9.80. The summed E-state index contributed by atoms with van der Waals surface area (Å²) in [6, 6.07) is 0. The average Bonchev–Trinajstić information content (AvgIpc) is 2.14. The molecule has 0 rings (SSSR count). The zero-order chi connectivity index (χ0) is 14.7. The molecule has 0 radical (unpaired) electrons. The Kier molecular flexibility index (Phi) is 4.50. The van der Waals surface area contributed by atoms with Gasteiger partial charge in [0.05, 0.1) is 6.42 Å². The minimum Gasteiger partial charge on any atom is -0.479 e. The van der Waals surface area contributed by atoms with E-state index < -0.39 is 47.5 Å². The fourth-order valence-electron chi connectivity index (χ4n) is 1.27. The van der Waals surface area contributed by atoms with Crippen molar-refractivity contribution >= 4 is 29.5 Å². The Morgan fingerprint density at radius 1 is 1.06 bits per heavy atom. The lowest BCUT2D eigenvalue weighted by Gasteiger charge is -2.26. The zero-order valence-corrected chi connectivity index (χ0v) is 8.82. The fraction of sp³-hybridized carbons (Fsp3) is 0.375. The first kappa shape index (κ1) is 15.5. The molecule has 10 nitrogen and oxygen atoms in total. The highest BCUT2D eigenvalue weighted by molar-refractivity contribution is 6.38. The van der Waals surface area contributed by atoms with Crippen LogP contribution in [0.4, 0.5) is 0 Å². The molecule has 2 amide bonds. The van der Waals surface area contributed by atoms with Gasteiger partial charge in [0.25, 0.3) is 5.78 Å². The van der Waals surface area contributed by atoms with Crippen LogP contribution in [0.3, 0.4) is 0 Å².